The van der Waals surface area contributed by atoms with Crippen LogP contribution in [-0.4, -0.2) is 35.7 Å². The van der Waals surface area contributed by atoms with E-state index in [4.69, 9.17) is 0 Å². The summed E-state index contributed by atoms with van der Waals surface area (Å²) in [5.74, 6) is 0. The third-order valence-electron chi connectivity index (χ3n) is 3.13. The second kappa shape index (κ2) is 7.24. The van der Waals surface area contributed by atoms with Crippen LogP contribution in [0.4, 0.5) is 0 Å². The second-order valence-corrected chi connectivity index (χ2v) is 4.49. The molecule has 84 valence electrons. The van der Waals surface area contributed by atoms with Crippen LogP contribution in [0.2, 0.25) is 0 Å². The lowest BCUT2D eigenvalue weighted by atomic mass is 10.1. The van der Waals surface area contributed by atoms with Gasteiger partial charge in [0.05, 0.1) is 6.10 Å². The molecule has 0 aromatic carbocycles. The molecule has 0 saturated carbocycles. The Labute approximate surface area is 88.3 Å². The highest BCUT2D eigenvalue weighted by molar-refractivity contribution is 4.70. The zero-order valence-electron chi connectivity index (χ0n) is 9.54. The molecule has 0 unspecified atom stereocenters. The van der Waals surface area contributed by atoms with E-state index in [1.807, 2.05) is 0 Å². The lowest BCUT2D eigenvalue weighted by molar-refractivity contribution is 0.0817. The molecular formula is C12H25NO. The fourth-order valence-electron chi connectivity index (χ4n) is 2.08. The molecule has 1 aliphatic rings. The molecule has 0 radical (unpaired) electrons. The maximum Gasteiger partial charge on any atom is 0.0564 e. The minimum atomic E-state index is -0.0219. The van der Waals surface area contributed by atoms with Gasteiger partial charge in [0, 0.05) is 13.1 Å². The number of aliphatic hydroxyl groups excluding tert-OH is 1. The Morgan fingerprint density at radius 1 is 1.07 bits per heavy atom. The monoisotopic (exact) mass is 199 g/mol. The van der Waals surface area contributed by atoms with E-state index < -0.39 is 0 Å². The first kappa shape index (κ1) is 12.0. The van der Waals surface area contributed by atoms with Crippen molar-refractivity contribution in [2.45, 2.75) is 58.0 Å². The van der Waals surface area contributed by atoms with Crippen LogP contribution in [0.15, 0.2) is 0 Å². The molecule has 2 heteroatoms. The fourth-order valence-corrected chi connectivity index (χ4v) is 2.08. The number of aliphatic hydroxyl groups is 1. The number of piperidine rings is 1. The molecule has 2 nitrogen and oxygen atoms in total. The predicted molar refractivity (Wildman–Crippen MR) is 60.4 cm³/mol. The van der Waals surface area contributed by atoms with Gasteiger partial charge in [-0.25, -0.2) is 0 Å². The van der Waals surface area contributed by atoms with Crippen molar-refractivity contribution in [1.82, 2.24) is 4.90 Å². The van der Waals surface area contributed by atoms with Crippen LogP contribution in [-0.2, 0) is 0 Å². The third kappa shape index (κ3) is 4.97. The minimum Gasteiger partial charge on any atom is -0.393 e. The first-order valence-corrected chi connectivity index (χ1v) is 6.23. The average molecular weight is 199 g/mol. The van der Waals surface area contributed by atoms with E-state index in [-0.39, 0.29) is 6.10 Å². The van der Waals surface area contributed by atoms with Crippen molar-refractivity contribution >= 4 is 0 Å². The van der Waals surface area contributed by atoms with Crippen LogP contribution in [0.5, 0.6) is 0 Å². The topological polar surface area (TPSA) is 23.5 Å². The van der Waals surface area contributed by atoms with Crippen LogP contribution in [0, 0.1) is 0 Å². The van der Waals surface area contributed by atoms with Gasteiger partial charge in [-0.2, -0.15) is 0 Å². The largest absolute Gasteiger partial charge is 0.393 e. The lowest BCUT2D eigenvalue weighted by Crippen LogP contribution is -2.36. The van der Waals surface area contributed by atoms with Gasteiger partial charge >= 0.3 is 0 Å². The van der Waals surface area contributed by atoms with Gasteiger partial charge in [0.25, 0.3) is 0 Å². The van der Waals surface area contributed by atoms with Crippen molar-refractivity contribution in [2.75, 3.05) is 19.6 Å². The third-order valence-corrected chi connectivity index (χ3v) is 3.13. The van der Waals surface area contributed by atoms with E-state index in [0.29, 0.717) is 0 Å². The molecule has 0 aliphatic carbocycles. The summed E-state index contributed by atoms with van der Waals surface area (Å²) in [6, 6.07) is 0. The van der Waals surface area contributed by atoms with E-state index in [0.717, 1.165) is 25.9 Å². The highest BCUT2D eigenvalue weighted by atomic mass is 16.3. The number of hydrogen-bond acceptors (Lipinski definition) is 2. The first-order chi connectivity index (χ1) is 6.83. The van der Waals surface area contributed by atoms with Gasteiger partial charge in [-0.1, -0.05) is 32.6 Å². The quantitative estimate of drug-likeness (QED) is 0.664. The predicted octanol–water partition coefficient (Wildman–Crippen LogP) is 2.41. The fraction of sp³-hybridized carbons (Fsp3) is 1.00. The Morgan fingerprint density at radius 3 is 2.36 bits per heavy atom. The van der Waals surface area contributed by atoms with E-state index in [1.165, 1.54) is 38.6 Å². The number of unbranched alkanes of at least 4 members (excludes halogenated alkanes) is 4. The molecule has 14 heavy (non-hydrogen) atoms. The molecule has 0 aromatic rings. The van der Waals surface area contributed by atoms with E-state index in [2.05, 4.69) is 11.8 Å². The summed E-state index contributed by atoms with van der Waals surface area (Å²) < 4.78 is 0. The van der Waals surface area contributed by atoms with Crippen molar-refractivity contribution in [3.63, 3.8) is 0 Å². The first-order valence-electron chi connectivity index (χ1n) is 6.23. The van der Waals surface area contributed by atoms with Crippen LogP contribution < -0.4 is 0 Å². The Kier molecular flexibility index (Phi) is 6.20. The second-order valence-electron chi connectivity index (χ2n) is 4.49. The molecule has 1 aliphatic heterocycles. The van der Waals surface area contributed by atoms with Gasteiger partial charge in [-0.3, -0.25) is 0 Å². The molecule has 0 spiro atoms. The van der Waals surface area contributed by atoms with Crippen LogP contribution >= 0.6 is 0 Å². The summed E-state index contributed by atoms with van der Waals surface area (Å²) in [6.07, 6.45) is 8.78. The molecule has 1 saturated heterocycles. The van der Waals surface area contributed by atoms with E-state index in [9.17, 15) is 5.11 Å². The molecule has 0 aromatic heterocycles. The van der Waals surface area contributed by atoms with E-state index in [1.54, 1.807) is 0 Å². The molecule has 1 fully saturated rings. The SMILES string of the molecule is CCCCCCCN1CCC(O)CC1. The van der Waals surface area contributed by atoms with E-state index >= 15 is 0 Å². The summed E-state index contributed by atoms with van der Waals surface area (Å²) in [4.78, 5) is 2.50. The molecule has 0 amide bonds. The van der Waals surface area contributed by atoms with Gasteiger partial charge < -0.3 is 10.0 Å². The highest BCUT2D eigenvalue weighted by Gasteiger charge is 2.15. The Bertz CT molecular complexity index is 130. The zero-order valence-corrected chi connectivity index (χ0v) is 9.54. The Hall–Kier alpha value is -0.0800. The Balaban J connectivity index is 1.91. The average Bonchev–Trinajstić information content (AvgIpc) is 2.21. The number of nitrogens with zero attached hydrogens (tertiary/aromatic N) is 1. The molecule has 0 bridgehead atoms. The van der Waals surface area contributed by atoms with Gasteiger partial charge in [-0.15, -0.1) is 0 Å². The van der Waals surface area contributed by atoms with Crippen molar-refractivity contribution in [2.24, 2.45) is 0 Å². The summed E-state index contributed by atoms with van der Waals surface area (Å²) in [7, 11) is 0. The van der Waals surface area contributed by atoms with Crippen LogP contribution in [0.3, 0.4) is 0 Å². The molecule has 1 N–H and O–H groups in total. The maximum absolute atomic E-state index is 9.34. The lowest BCUT2D eigenvalue weighted by Gasteiger charge is -2.29. The number of likely N-dealkylation sites (tertiary alicyclic amines) is 1. The van der Waals surface area contributed by atoms with Crippen LogP contribution in [0.1, 0.15) is 51.9 Å². The molecule has 1 heterocycles. The number of hydrogen-bond donors (Lipinski definition) is 1. The molecule has 1 rings (SSSR count). The molecular weight excluding hydrogens is 174 g/mol. The summed E-state index contributed by atoms with van der Waals surface area (Å²) >= 11 is 0. The van der Waals surface area contributed by atoms with Gasteiger partial charge in [0.1, 0.15) is 0 Å². The van der Waals surface area contributed by atoms with Crippen LogP contribution in [0.25, 0.3) is 0 Å². The summed E-state index contributed by atoms with van der Waals surface area (Å²) in [5.41, 5.74) is 0. The summed E-state index contributed by atoms with van der Waals surface area (Å²) in [6.45, 7) is 5.71. The number of rotatable bonds is 6. The van der Waals surface area contributed by atoms with Crippen molar-refractivity contribution < 1.29 is 5.11 Å². The molecule has 0 atom stereocenters. The minimum absolute atomic E-state index is 0.0219. The summed E-state index contributed by atoms with van der Waals surface area (Å²) in [5, 5.41) is 9.34. The van der Waals surface area contributed by atoms with Crippen molar-refractivity contribution in [3.8, 4) is 0 Å². The van der Waals surface area contributed by atoms with Gasteiger partial charge in [-0.05, 0) is 25.8 Å². The Morgan fingerprint density at radius 2 is 1.71 bits per heavy atom. The smallest absolute Gasteiger partial charge is 0.0564 e. The zero-order chi connectivity index (χ0) is 10.2. The van der Waals surface area contributed by atoms with Gasteiger partial charge in [0.2, 0.25) is 0 Å². The van der Waals surface area contributed by atoms with Crippen molar-refractivity contribution in [1.29, 1.82) is 0 Å². The normalized spacial score (nSPS) is 20.1. The highest BCUT2D eigenvalue weighted by Crippen LogP contribution is 2.11. The van der Waals surface area contributed by atoms with Crippen molar-refractivity contribution in [3.05, 3.63) is 0 Å². The van der Waals surface area contributed by atoms with Gasteiger partial charge in [0.15, 0.2) is 0 Å². The maximum atomic E-state index is 9.34. The standard InChI is InChI=1S/C12H25NO/c1-2-3-4-5-6-9-13-10-7-12(14)8-11-13/h12,14H,2-11H2,1H3.